The fraction of sp³-hybridized carbons (Fsp3) is 0. The Balaban J connectivity index is 1.08. The average Bonchev–Trinajstić information content (AvgIpc) is 3.95. The number of benzene rings is 9. The van der Waals surface area contributed by atoms with E-state index in [1.54, 1.807) is 0 Å². The number of nitrogens with zero attached hydrogens (tertiary/aromatic N) is 3. The van der Waals surface area contributed by atoms with E-state index in [-0.39, 0.29) is 5.63 Å². The molecule has 0 saturated carbocycles. The van der Waals surface area contributed by atoms with Crippen molar-refractivity contribution in [1.29, 1.82) is 0 Å². The maximum atomic E-state index is 13.5. The number of fused-ring (bicyclic) bond motifs is 13. The zero-order valence-corrected chi connectivity index (χ0v) is 32.2. The van der Waals surface area contributed by atoms with Crippen LogP contribution in [-0.4, -0.2) is 13.7 Å². The highest BCUT2D eigenvalue weighted by Crippen LogP contribution is 2.42. The van der Waals surface area contributed by atoms with Crippen molar-refractivity contribution >= 4 is 87.2 Å². The molecular weight excluding hydrogens is 735 g/mol. The second-order valence-electron chi connectivity index (χ2n) is 15.7. The maximum absolute atomic E-state index is 13.5. The summed E-state index contributed by atoms with van der Waals surface area (Å²) < 4.78 is 13.3. The van der Waals surface area contributed by atoms with Crippen LogP contribution in [-0.2, 0) is 0 Å². The monoisotopic (exact) mass is 767 g/mol. The summed E-state index contributed by atoms with van der Waals surface area (Å²) in [5.74, 6) is 0. The number of aromatic nitrogens is 3. The van der Waals surface area contributed by atoms with Gasteiger partial charge in [0.05, 0.1) is 38.5 Å². The average molecular weight is 768 g/mol. The first-order valence-electron chi connectivity index (χ1n) is 20.3. The van der Waals surface area contributed by atoms with Crippen LogP contribution in [0.1, 0.15) is 0 Å². The highest BCUT2D eigenvalue weighted by molar-refractivity contribution is 6.21. The lowest BCUT2D eigenvalue weighted by atomic mass is 10.0. The number of hydrogen-bond donors (Lipinski definition) is 0. The van der Waals surface area contributed by atoms with Gasteiger partial charge in [0, 0.05) is 54.8 Å². The molecule has 0 saturated heterocycles. The third-order valence-corrected chi connectivity index (χ3v) is 12.5. The van der Waals surface area contributed by atoms with Gasteiger partial charge in [0.25, 0.3) is 0 Å². The van der Waals surface area contributed by atoms with Crippen LogP contribution in [0.4, 0.5) is 0 Å². The smallest absolute Gasteiger partial charge is 0.344 e. The third kappa shape index (κ3) is 4.60. The van der Waals surface area contributed by atoms with Crippen molar-refractivity contribution in [2.45, 2.75) is 0 Å². The minimum atomic E-state index is -0.334. The van der Waals surface area contributed by atoms with Gasteiger partial charge in [-0.2, -0.15) is 0 Å². The molecule has 9 aromatic carbocycles. The SMILES string of the molecule is O=c1oc2c(ccc3c4ccccc4n(-c4ccc5c(c4)c4cc(-c6ccc7c(c6)c6ccccc6n7-c6ccccc6)ccc4n5-c4ccccc4)c32)c2ccccc12. The molecular formula is C55H33N3O2. The standard InChI is InChI=1S/C55H33N3O2/c59-55-44-20-8-7-17-39(44)43-27-26-42-40-18-9-12-22-49(40)58(53(42)54(43)60-55)38-25-30-52-47(33-38)46-32-35(24-29-51(46)57(52)37-15-5-2-6-16-37)34-23-28-50-45(31-34)41-19-10-11-21-48(41)56(50)36-13-3-1-4-14-36/h1-33H. The number of rotatable bonds is 4. The van der Waals surface area contributed by atoms with Gasteiger partial charge in [-0.05, 0) is 108 Å². The van der Waals surface area contributed by atoms with Crippen LogP contribution in [0.25, 0.3) is 115 Å². The van der Waals surface area contributed by atoms with Crippen molar-refractivity contribution in [3.05, 3.63) is 211 Å². The van der Waals surface area contributed by atoms with E-state index < -0.39 is 0 Å². The summed E-state index contributed by atoms with van der Waals surface area (Å²) in [6.45, 7) is 0. The minimum Gasteiger partial charge on any atom is -0.420 e. The topological polar surface area (TPSA) is 45.0 Å². The summed E-state index contributed by atoms with van der Waals surface area (Å²) in [5, 5.41) is 9.26. The van der Waals surface area contributed by atoms with Crippen LogP contribution in [0.15, 0.2) is 209 Å². The van der Waals surface area contributed by atoms with E-state index in [2.05, 4.69) is 190 Å². The van der Waals surface area contributed by atoms with E-state index in [0.29, 0.717) is 11.0 Å². The molecule has 0 radical (unpaired) electrons. The lowest BCUT2D eigenvalue weighted by Crippen LogP contribution is -2.01. The molecule has 5 nitrogen and oxygen atoms in total. The third-order valence-electron chi connectivity index (χ3n) is 12.5. The molecule has 0 amide bonds. The first kappa shape index (κ1) is 32.9. The van der Waals surface area contributed by atoms with Gasteiger partial charge in [0.15, 0.2) is 5.58 Å². The highest BCUT2D eigenvalue weighted by Gasteiger charge is 2.21. The normalized spacial score (nSPS) is 12.1. The summed E-state index contributed by atoms with van der Waals surface area (Å²) in [4.78, 5) is 13.5. The van der Waals surface area contributed by atoms with E-state index in [1.807, 2.05) is 24.3 Å². The molecule has 0 aliphatic rings. The molecule has 0 aliphatic carbocycles. The summed E-state index contributed by atoms with van der Waals surface area (Å²) in [5.41, 5.74) is 12.3. The van der Waals surface area contributed by atoms with Crippen LogP contribution in [0.5, 0.6) is 0 Å². The molecule has 5 heteroatoms. The summed E-state index contributed by atoms with van der Waals surface area (Å²) in [6, 6.07) is 70.8. The van der Waals surface area contributed by atoms with Crippen molar-refractivity contribution in [2.75, 3.05) is 0 Å². The van der Waals surface area contributed by atoms with Gasteiger partial charge < -0.3 is 18.1 Å². The first-order chi connectivity index (χ1) is 29.7. The Labute approximate surface area is 342 Å². The van der Waals surface area contributed by atoms with Crippen LogP contribution >= 0.6 is 0 Å². The number of hydrogen-bond acceptors (Lipinski definition) is 2. The summed E-state index contributed by atoms with van der Waals surface area (Å²) in [6.07, 6.45) is 0. The Kier molecular flexibility index (Phi) is 6.81. The first-order valence-corrected chi connectivity index (χ1v) is 20.3. The van der Waals surface area contributed by atoms with Gasteiger partial charge >= 0.3 is 5.63 Å². The molecule has 0 N–H and O–H groups in total. The molecule has 60 heavy (non-hydrogen) atoms. The fourth-order valence-electron chi connectivity index (χ4n) is 9.85. The lowest BCUT2D eigenvalue weighted by molar-refractivity contribution is 0.572. The van der Waals surface area contributed by atoms with E-state index >= 15 is 0 Å². The lowest BCUT2D eigenvalue weighted by Gasteiger charge is -2.11. The molecule has 4 aromatic heterocycles. The zero-order valence-electron chi connectivity index (χ0n) is 32.2. The summed E-state index contributed by atoms with van der Waals surface area (Å²) >= 11 is 0. The Hall–Kier alpha value is -8.15. The van der Waals surface area contributed by atoms with Gasteiger partial charge in [0.2, 0.25) is 0 Å². The second-order valence-corrected chi connectivity index (χ2v) is 15.7. The van der Waals surface area contributed by atoms with Crippen molar-refractivity contribution in [2.24, 2.45) is 0 Å². The molecule has 280 valence electrons. The van der Waals surface area contributed by atoms with Crippen LogP contribution in [0.3, 0.4) is 0 Å². The van der Waals surface area contributed by atoms with Crippen molar-refractivity contribution in [3.63, 3.8) is 0 Å². The van der Waals surface area contributed by atoms with Crippen LogP contribution in [0, 0.1) is 0 Å². The Morgan fingerprint density at radius 2 is 0.750 bits per heavy atom. The Bertz CT molecular complexity index is 3960. The van der Waals surface area contributed by atoms with Gasteiger partial charge in [-0.3, -0.25) is 0 Å². The quantitative estimate of drug-likeness (QED) is 0.132. The molecule has 4 heterocycles. The maximum Gasteiger partial charge on any atom is 0.344 e. The molecule has 0 unspecified atom stereocenters. The number of para-hydroxylation sites is 4. The van der Waals surface area contributed by atoms with Gasteiger partial charge in [0.1, 0.15) is 0 Å². The predicted octanol–water partition coefficient (Wildman–Crippen LogP) is 13.9. The van der Waals surface area contributed by atoms with E-state index in [1.165, 1.54) is 21.8 Å². The van der Waals surface area contributed by atoms with Crippen molar-refractivity contribution < 1.29 is 4.42 Å². The molecule has 13 aromatic rings. The molecule has 0 fully saturated rings. The molecule has 0 spiro atoms. The largest absolute Gasteiger partial charge is 0.420 e. The second kappa shape index (κ2) is 12.4. The summed E-state index contributed by atoms with van der Waals surface area (Å²) in [7, 11) is 0. The molecule has 13 rings (SSSR count). The fourth-order valence-corrected chi connectivity index (χ4v) is 9.85. The Morgan fingerprint density at radius 1 is 0.300 bits per heavy atom. The predicted molar refractivity (Wildman–Crippen MR) is 248 cm³/mol. The van der Waals surface area contributed by atoms with E-state index in [4.69, 9.17) is 4.42 Å². The van der Waals surface area contributed by atoms with E-state index in [9.17, 15) is 4.79 Å². The van der Waals surface area contributed by atoms with Crippen LogP contribution < -0.4 is 5.63 Å². The highest BCUT2D eigenvalue weighted by atomic mass is 16.4. The zero-order chi connectivity index (χ0) is 39.5. The van der Waals surface area contributed by atoms with Gasteiger partial charge in [-0.1, -0.05) is 109 Å². The van der Waals surface area contributed by atoms with Crippen LogP contribution in [0.2, 0.25) is 0 Å². The molecule has 0 aliphatic heterocycles. The van der Waals surface area contributed by atoms with E-state index in [0.717, 1.165) is 82.6 Å². The molecule has 0 atom stereocenters. The van der Waals surface area contributed by atoms with Crippen molar-refractivity contribution in [1.82, 2.24) is 13.7 Å². The van der Waals surface area contributed by atoms with Gasteiger partial charge in [-0.15, -0.1) is 0 Å². The Morgan fingerprint density at radius 3 is 1.38 bits per heavy atom. The molecule has 0 bridgehead atoms. The van der Waals surface area contributed by atoms with Gasteiger partial charge in [-0.25, -0.2) is 4.79 Å². The van der Waals surface area contributed by atoms with Crippen molar-refractivity contribution in [3.8, 4) is 28.2 Å². The minimum absolute atomic E-state index is 0.334.